The number of fused-ring (bicyclic) bond motifs is 5. The molecule has 0 radical (unpaired) electrons. The largest absolute Gasteiger partial charge is 0.470 e. The topological polar surface area (TPSA) is 12.5 Å². The number of rotatable bonds is 1. The standard InChI is InChI=1S/C18H15Br2NO/c19-12-4-6-15-11(7-12)8-16-14-5-3-13(20)9-17(14)22-18(21(15)16)10-1-2-10/h3-7,9-10,16,18H,1-2,8H2. The summed E-state index contributed by atoms with van der Waals surface area (Å²) >= 11 is 7.18. The van der Waals surface area contributed by atoms with Crippen molar-refractivity contribution < 1.29 is 4.74 Å². The second kappa shape index (κ2) is 4.75. The van der Waals surface area contributed by atoms with Gasteiger partial charge in [-0.1, -0.05) is 37.9 Å². The van der Waals surface area contributed by atoms with Crippen LogP contribution in [0.5, 0.6) is 5.75 Å². The molecule has 3 aliphatic rings. The Labute approximate surface area is 146 Å². The lowest BCUT2D eigenvalue weighted by atomic mass is 9.99. The van der Waals surface area contributed by atoms with Gasteiger partial charge in [-0.3, -0.25) is 0 Å². The fourth-order valence-corrected chi connectivity index (χ4v) is 4.54. The van der Waals surface area contributed by atoms with E-state index in [1.54, 1.807) is 0 Å². The Balaban J connectivity index is 1.67. The molecule has 22 heavy (non-hydrogen) atoms. The number of halogens is 2. The zero-order chi connectivity index (χ0) is 14.8. The molecular formula is C18H15Br2NO. The summed E-state index contributed by atoms with van der Waals surface area (Å²) < 4.78 is 8.67. The summed E-state index contributed by atoms with van der Waals surface area (Å²) in [6.07, 6.45) is 3.82. The SMILES string of the molecule is Brc1ccc2c(c1)CC1c3ccc(Br)cc3OC(C3CC3)N21. The smallest absolute Gasteiger partial charge is 0.175 e. The Morgan fingerprint density at radius 1 is 1.00 bits per heavy atom. The summed E-state index contributed by atoms with van der Waals surface area (Å²) in [4.78, 5) is 2.52. The van der Waals surface area contributed by atoms with E-state index >= 15 is 0 Å². The summed E-state index contributed by atoms with van der Waals surface area (Å²) in [5.41, 5.74) is 4.08. The lowest BCUT2D eigenvalue weighted by molar-refractivity contribution is 0.143. The van der Waals surface area contributed by atoms with Gasteiger partial charge in [0.1, 0.15) is 5.75 Å². The van der Waals surface area contributed by atoms with E-state index in [2.05, 4.69) is 73.2 Å². The van der Waals surface area contributed by atoms with Gasteiger partial charge in [0.05, 0.1) is 6.04 Å². The number of nitrogens with zero attached hydrogens (tertiary/aromatic N) is 1. The van der Waals surface area contributed by atoms with E-state index in [0.717, 1.165) is 21.1 Å². The number of ether oxygens (including phenoxy) is 1. The third-order valence-electron chi connectivity index (χ3n) is 4.95. The average Bonchev–Trinajstić information content (AvgIpc) is 3.26. The van der Waals surface area contributed by atoms with Crippen LogP contribution < -0.4 is 9.64 Å². The van der Waals surface area contributed by atoms with E-state index in [4.69, 9.17) is 4.74 Å². The van der Waals surface area contributed by atoms with Crippen molar-refractivity contribution in [2.75, 3.05) is 4.90 Å². The Hall–Kier alpha value is -1.00. The van der Waals surface area contributed by atoms with Gasteiger partial charge >= 0.3 is 0 Å². The third-order valence-corrected chi connectivity index (χ3v) is 5.94. The van der Waals surface area contributed by atoms with Crippen LogP contribution in [-0.2, 0) is 6.42 Å². The van der Waals surface area contributed by atoms with Crippen LogP contribution in [0.1, 0.15) is 30.0 Å². The normalized spacial score (nSPS) is 25.3. The zero-order valence-electron chi connectivity index (χ0n) is 11.9. The molecule has 2 nitrogen and oxygen atoms in total. The van der Waals surface area contributed by atoms with Gasteiger partial charge in [0.25, 0.3) is 0 Å². The lowest BCUT2D eigenvalue weighted by Gasteiger charge is -2.41. The molecule has 5 rings (SSSR count). The summed E-state index contributed by atoms with van der Waals surface area (Å²) in [6.45, 7) is 0. The molecule has 1 aliphatic carbocycles. The van der Waals surface area contributed by atoms with Gasteiger partial charge in [0.2, 0.25) is 0 Å². The van der Waals surface area contributed by atoms with Gasteiger partial charge in [-0.25, -0.2) is 0 Å². The molecule has 2 aromatic rings. The summed E-state index contributed by atoms with van der Waals surface area (Å²) in [5, 5.41) is 0. The molecule has 4 heteroatoms. The Bertz CT molecular complexity index is 772. The van der Waals surface area contributed by atoms with Crippen LogP contribution in [0.15, 0.2) is 45.3 Å². The maximum atomic E-state index is 6.42. The molecule has 2 unspecified atom stereocenters. The predicted octanol–water partition coefficient (Wildman–Crippen LogP) is 5.44. The molecule has 1 saturated carbocycles. The van der Waals surface area contributed by atoms with E-state index in [-0.39, 0.29) is 6.23 Å². The lowest BCUT2D eigenvalue weighted by Crippen LogP contribution is -2.45. The minimum absolute atomic E-state index is 0.189. The maximum absolute atomic E-state index is 6.42. The van der Waals surface area contributed by atoms with Crippen molar-refractivity contribution in [2.45, 2.75) is 31.5 Å². The zero-order valence-corrected chi connectivity index (χ0v) is 15.1. The van der Waals surface area contributed by atoms with Gasteiger partial charge < -0.3 is 9.64 Å². The predicted molar refractivity (Wildman–Crippen MR) is 94.3 cm³/mol. The Morgan fingerprint density at radius 2 is 1.77 bits per heavy atom. The van der Waals surface area contributed by atoms with Crippen LogP contribution in [0, 0.1) is 5.92 Å². The number of benzene rings is 2. The highest BCUT2D eigenvalue weighted by molar-refractivity contribution is 9.10. The molecule has 112 valence electrons. The Kier molecular flexibility index (Phi) is 2.90. The number of hydrogen-bond donors (Lipinski definition) is 0. The van der Waals surface area contributed by atoms with Crippen LogP contribution in [0.2, 0.25) is 0 Å². The molecule has 0 saturated heterocycles. The van der Waals surface area contributed by atoms with E-state index in [1.165, 1.54) is 29.7 Å². The van der Waals surface area contributed by atoms with Crippen molar-refractivity contribution in [1.29, 1.82) is 0 Å². The monoisotopic (exact) mass is 419 g/mol. The van der Waals surface area contributed by atoms with Crippen LogP contribution in [-0.4, -0.2) is 6.23 Å². The van der Waals surface area contributed by atoms with Gasteiger partial charge in [-0.15, -0.1) is 0 Å². The molecule has 2 heterocycles. The fraction of sp³-hybridized carbons (Fsp3) is 0.333. The van der Waals surface area contributed by atoms with Gasteiger partial charge in [0.15, 0.2) is 6.23 Å². The second-order valence-corrected chi connectivity index (χ2v) is 8.26. The molecule has 2 aliphatic heterocycles. The molecule has 1 fully saturated rings. The molecule has 0 aromatic heterocycles. The van der Waals surface area contributed by atoms with E-state index < -0.39 is 0 Å². The summed E-state index contributed by atoms with van der Waals surface area (Å²) in [5.74, 6) is 1.73. The van der Waals surface area contributed by atoms with Crippen molar-refractivity contribution in [3.63, 3.8) is 0 Å². The quantitative estimate of drug-likeness (QED) is 0.608. The van der Waals surface area contributed by atoms with E-state index in [9.17, 15) is 0 Å². The first kappa shape index (κ1) is 13.4. The first-order valence-electron chi connectivity index (χ1n) is 7.73. The Morgan fingerprint density at radius 3 is 2.59 bits per heavy atom. The van der Waals surface area contributed by atoms with Gasteiger partial charge in [0, 0.05) is 26.1 Å². The first-order valence-corrected chi connectivity index (χ1v) is 9.32. The maximum Gasteiger partial charge on any atom is 0.175 e. The number of hydrogen-bond acceptors (Lipinski definition) is 2. The van der Waals surface area contributed by atoms with Crippen molar-refractivity contribution in [3.05, 3.63) is 56.5 Å². The van der Waals surface area contributed by atoms with Gasteiger partial charge in [-0.05, 0) is 55.2 Å². The molecule has 2 atom stereocenters. The van der Waals surface area contributed by atoms with Crippen molar-refractivity contribution in [2.24, 2.45) is 5.92 Å². The van der Waals surface area contributed by atoms with Crippen LogP contribution in [0.3, 0.4) is 0 Å². The van der Waals surface area contributed by atoms with E-state index in [0.29, 0.717) is 12.0 Å². The van der Waals surface area contributed by atoms with Crippen LogP contribution >= 0.6 is 31.9 Å². The molecule has 0 bridgehead atoms. The summed E-state index contributed by atoms with van der Waals surface area (Å²) in [6, 6.07) is 13.5. The average molecular weight is 421 g/mol. The fourth-order valence-electron chi connectivity index (χ4n) is 3.80. The van der Waals surface area contributed by atoms with Crippen molar-refractivity contribution in [1.82, 2.24) is 0 Å². The van der Waals surface area contributed by atoms with Gasteiger partial charge in [-0.2, -0.15) is 0 Å². The van der Waals surface area contributed by atoms with E-state index in [1.807, 2.05) is 0 Å². The highest BCUT2D eigenvalue weighted by Crippen LogP contribution is 2.52. The molecular weight excluding hydrogens is 406 g/mol. The molecule has 0 amide bonds. The minimum atomic E-state index is 0.189. The minimum Gasteiger partial charge on any atom is -0.470 e. The molecule has 2 aromatic carbocycles. The van der Waals surface area contributed by atoms with Crippen molar-refractivity contribution in [3.8, 4) is 5.75 Å². The highest BCUT2D eigenvalue weighted by Gasteiger charge is 2.47. The highest BCUT2D eigenvalue weighted by atomic mass is 79.9. The third kappa shape index (κ3) is 1.96. The molecule has 0 spiro atoms. The van der Waals surface area contributed by atoms with Crippen LogP contribution in [0.25, 0.3) is 0 Å². The van der Waals surface area contributed by atoms with Crippen molar-refractivity contribution >= 4 is 37.5 Å². The number of anilines is 1. The molecule has 0 N–H and O–H groups in total. The first-order chi connectivity index (χ1) is 10.7. The van der Waals surface area contributed by atoms with Crippen LogP contribution in [0.4, 0.5) is 5.69 Å². The second-order valence-electron chi connectivity index (χ2n) is 6.43. The summed E-state index contributed by atoms with van der Waals surface area (Å²) in [7, 11) is 0.